The average Bonchev–Trinajstić information content (AvgIpc) is 2.81. The third-order valence-corrected chi connectivity index (χ3v) is 3.25. The molecule has 1 heterocycles. The normalized spacial score (nSPS) is 10.6. The summed E-state index contributed by atoms with van der Waals surface area (Å²) < 4.78 is 6.60. The maximum absolute atomic E-state index is 5.52. The molecule has 5 nitrogen and oxygen atoms in total. The fraction of sp³-hybridized carbons (Fsp3) is 0.333. The van der Waals surface area contributed by atoms with Gasteiger partial charge in [-0.25, -0.2) is 0 Å². The number of rotatable bonds is 5. The summed E-state index contributed by atoms with van der Waals surface area (Å²) in [5.41, 5.74) is 1.17. The molecule has 0 saturated carbocycles. The summed E-state index contributed by atoms with van der Waals surface area (Å²) in [6.07, 6.45) is 0. The monoisotopic (exact) mass is 310 g/mol. The average molecular weight is 311 g/mol. The molecular formula is C12H15BrN4O. The summed E-state index contributed by atoms with van der Waals surface area (Å²) in [5, 5.41) is 10.9. The van der Waals surface area contributed by atoms with E-state index in [-0.39, 0.29) is 0 Å². The molecule has 0 saturated heterocycles. The Balaban J connectivity index is 2.07. The summed E-state index contributed by atoms with van der Waals surface area (Å²) >= 11 is 3.52. The van der Waals surface area contributed by atoms with Gasteiger partial charge in [0.25, 0.3) is 0 Å². The minimum absolute atomic E-state index is 0.524. The fourth-order valence-corrected chi connectivity index (χ4v) is 1.98. The van der Waals surface area contributed by atoms with Gasteiger partial charge in [0.1, 0.15) is 0 Å². The molecule has 0 fully saturated rings. The Labute approximate surface area is 114 Å². The van der Waals surface area contributed by atoms with Gasteiger partial charge in [-0.2, -0.15) is 0 Å². The van der Waals surface area contributed by atoms with E-state index in [0.29, 0.717) is 25.0 Å². The first kappa shape index (κ1) is 13.0. The Morgan fingerprint density at radius 3 is 2.83 bits per heavy atom. The zero-order valence-electron chi connectivity index (χ0n) is 10.4. The van der Waals surface area contributed by atoms with Gasteiger partial charge in [0, 0.05) is 18.1 Å². The molecule has 0 aliphatic heterocycles. The Bertz CT molecular complexity index is 514. The van der Waals surface area contributed by atoms with Gasteiger partial charge in [0.05, 0.1) is 6.54 Å². The van der Waals surface area contributed by atoms with E-state index in [2.05, 4.69) is 37.5 Å². The zero-order chi connectivity index (χ0) is 13.0. The van der Waals surface area contributed by atoms with E-state index in [4.69, 9.17) is 4.42 Å². The molecule has 1 aromatic carbocycles. The van der Waals surface area contributed by atoms with Crippen LogP contribution in [0.25, 0.3) is 0 Å². The fourth-order valence-electron chi connectivity index (χ4n) is 1.57. The quantitative estimate of drug-likeness (QED) is 0.917. The van der Waals surface area contributed by atoms with Crippen molar-refractivity contribution in [1.29, 1.82) is 0 Å². The Hall–Kier alpha value is -1.40. The van der Waals surface area contributed by atoms with Crippen LogP contribution in [0.5, 0.6) is 0 Å². The Kier molecular flexibility index (Phi) is 4.33. The largest absolute Gasteiger partial charge is 0.407 e. The molecule has 18 heavy (non-hydrogen) atoms. The van der Waals surface area contributed by atoms with E-state index < -0.39 is 0 Å². The van der Waals surface area contributed by atoms with Crippen molar-refractivity contribution in [2.75, 3.05) is 19.0 Å². The van der Waals surface area contributed by atoms with Crippen molar-refractivity contribution in [3.63, 3.8) is 0 Å². The summed E-state index contributed by atoms with van der Waals surface area (Å²) in [6, 6.07) is 8.60. The van der Waals surface area contributed by atoms with Gasteiger partial charge in [-0.15, -0.1) is 5.10 Å². The number of nitrogens with zero attached hydrogens (tertiary/aromatic N) is 3. The molecule has 0 spiro atoms. The highest BCUT2D eigenvalue weighted by molar-refractivity contribution is 9.10. The van der Waals surface area contributed by atoms with E-state index in [0.717, 1.165) is 4.47 Å². The molecule has 6 heteroatoms. The van der Waals surface area contributed by atoms with Gasteiger partial charge in [-0.1, -0.05) is 39.2 Å². The van der Waals surface area contributed by atoms with Gasteiger partial charge in [-0.05, 0) is 18.7 Å². The van der Waals surface area contributed by atoms with Crippen LogP contribution in [0.1, 0.15) is 11.5 Å². The first-order chi connectivity index (χ1) is 8.70. The molecular weight excluding hydrogens is 296 g/mol. The summed E-state index contributed by atoms with van der Waals surface area (Å²) in [5.74, 6) is 0.589. The summed E-state index contributed by atoms with van der Waals surface area (Å²) in [6.45, 7) is 1.29. The van der Waals surface area contributed by atoms with Crippen molar-refractivity contribution in [3.05, 3.63) is 40.2 Å². The first-order valence-electron chi connectivity index (χ1n) is 5.62. The molecule has 0 radical (unpaired) electrons. The van der Waals surface area contributed by atoms with Crippen molar-refractivity contribution in [1.82, 2.24) is 15.5 Å². The van der Waals surface area contributed by atoms with E-state index >= 15 is 0 Å². The third-order valence-electron chi connectivity index (χ3n) is 2.48. The molecule has 0 unspecified atom stereocenters. The van der Waals surface area contributed by atoms with Crippen molar-refractivity contribution in [2.24, 2.45) is 0 Å². The standard InChI is InChI=1S/C12H15BrN4O/c1-14-7-11-15-16-12(18-11)17(2)8-9-5-3-4-6-10(9)13/h3-6,14H,7-8H2,1-2H3. The molecule has 96 valence electrons. The number of halogens is 1. The second-order valence-electron chi connectivity index (χ2n) is 3.96. The number of nitrogens with one attached hydrogen (secondary N) is 1. The molecule has 2 aromatic rings. The molecule has 2 rings (SSSR count). The second kappa shape index (κ2) is 5.97. The van der Waals surface area contributed by atoms with Crippen LogP contribution >= 0.6 is 15.9 Å². The van der Waals surface area contributed by atoms with Crippen LogP contribution in [-0.2, 0) is 13.1 Å². The highest BCUT2D eigenvalue weighted by Crippen LogP contribution is 2.20. The molecule has 0 aliphatic carbocycles. The minimum atomic E-state index is 0.524. The van der Waals surface area contributed by atoms with Crippen molar-refractivity contribution >= 4 is 21.9 Å². The van der Waals surface area contributed by atoms with Gasteiger partial charge in [0.15, 0.2) is 0 Å². The zero-order valence-corrected chi connectivity index (χ0v) is 11.9. The molecule has 0 aliphatic rings. The number of benzene rings is 1. The highest BCUT2D eigenvalue weighted by Gasteiger charge is 2.11. The van der Waals surface area contributed by atoms with Crippen LogP contribution in [-0.4, -0.2) is 24.3 Å². The summed E-state index contributed by atoms with van der Waals surface area (Å²) in [7, 11) is 3.77. The molecule has 0 bridgehead atoms. The van der Waals surface area contributed by atoms with Gasteiger partial charge >= 0.3 is 6.01 Å². The molecule has 0 amide bonds. The number of aromatic nitrogens is 2. The van der Waals surface area contributed by atoms with Crippen molar-refractivity contribution < 1.29 is 4.42 Å². The van der Waals surface area contributed by atoms with Crippen LogP contribution in [0, 0.1) is 0 Å². The molecule has 0 atom stereocenters. The maximum atomic E-state index is 5.52. The number of anilines is 1. The number of hydrogen-bond donors (Lipinski definition) is 1. The lowest BCUT2D eigenvalue weighted by Gasteiger charge is -2.14. The lowest BCUT2D eigenvalue weighted by atomic mass is 10.2. The van der Waals surface area contributed by atoms with E-state index in [1.165, 1.54) is 5.56 Å². The van der Waals surface area contributed by atoms with Crippen molar-refractivity contribution in [3.8, 4) is 0 Å². The number of hydrogen-bond acceptors (Lipinski definition) is 5. The maximum Gasteiger partial charge on any atom is 0.318 e. The third kappa shape index (κ3) is 3.08. The van der Waals surface area contributed by atoms with Gasteiger partial charge in [0.2, 0.25) is 5.89 Å². The van der Waals surface area contributed by atoms with Gasteiger partial charge < -0.3 is 14.6 Å². The van der Waals surface area contributed by atoms with Gasteiger partial charge in [-0.3, -0.25) is 0 Å². The van der Waals surface area contributed by atoms with Crippen LogP contribution < -0.4 is 10.2 Å². The minimum Gasteiger partial charge on any atom is -0.407 e. The van der Waals surface area contributed by atoms with Crippen LogP contribution in [0.3, 0.4) is 0 Å². The Morgan fingerprint density at radius 1 is 1.33 bits per heavy atom. The lowest BCUT2D eigenvalue weighted by molar-refractivity contribution is 0.475. The molecule has 1 N–H and O–H groups in total. The Morgan fingerprint density at radius 2 is 2.11 bits per heavy atom. The lowest BCUT2D eigenvalue weighted by Crippen LogP contribution is -2.17. The van der Waals surface area contributed by atoms with Crippen LogP contribution in [0.2, 0.25) is 0 Å². The van der Waals surface area contributed by atoms with Crippen molar-refractivity contribution in [2.45, 2.75) is 13.1 Å². The first-order valence-corrected chi connectivity index (χ1v) is 6.41. The second-order valence-corrected chi connectivity index (χ2v) is 4.81. The van der Waals surface area contributed by atoms with E-state index in [9.17, 15) is 0 Å². The van der Waals surface area contributed by atoms with E-state index in [1.54, 1.807) is 0 Å². The summed E-state index contributed by atoms with van der Waals surface area (Å²) in [4.78, 5) is 1.92. The highest BCUT2D eigenvalue weighted by atomic mass is 79.9. The topological polar surface area (TPSA) is 54.2 Å². The van der Waals surface area contributed by atoms with Crippen LogP contribution in [0.4, 0.5) is 6.01 Å². The SMILES string of the molecule is CNCc1nnc(N(C)Cc2ccccc2Br)o1. The van der Waals surface area contributed by atoms with E-state index in [1.807, 2.05) is 37.2 Å². The predicted molar refractivity (Wildman–Crippen MR) is 73.3 cm³/mol. The van der Waals surface area contributed by atoms with Crippen LogP contribution in [0.15, 0.2) is 33.2 Å². The molecule has 1 aromatic heterocycles. The predicted octanol–water partition coefficient (Wildman–Crippen LogP) is 2.19. The smallest absolute Gasteiger partial charge is 0.318 e.